The summed E-state index contributed by atoms with van der Waals surface area (Å²) in [6, 6.07) is 0. The lowest BCUT2D eigenvalue weighted by molar-refractivity contribution is 0.0612. The van der Waals surface area contributed by atoms with Gasteiger partial charge < -0.3 is 15.7 Å². The Morgan fingerprint density at radius 2 is 1.58 bits per heavy atom. The highest BCUT2D eigenvalue weighted by Gasteiger charge is 2.25. The molecule has 1 aliphatic heterocycles. The van der Waals surface area contributed by atoms with Crippen molar-refractivity contribution in [3.05, 3.63) is 0 Å². The molecule has 0 aromatic carbocycles. The van der Waals surface area contributed by atoms with Crippen LogP contribution in [0.4, 0.5) is 0 Å². The van der Waals surface area contributed by atoms with E-state index in [-0.39, 0.29) is 6.61 Å². The highest BCUT2D eigenvalue weighted by molar-refractivity contribution is 4.82. The molecule has 1 fully saturated rings. The fraction of sp³-hybridized carbons (Fsp3) is 1.00. The second-order valence-electron chi connectivity index (χ2n) is 7.27. The lowest BCUT2D eigenvalue weighted by atomic mass is 9.97. The van der Waals surface area contributed by atoms with Crippen molar-refractivity contribution in [2.45, 2.75) is 58.0 Å². The first-order valence-corrected chi connectivity index (χ1v) is 7.62. The summed E-state index contributed by atoms with van der Waals surface area (Å²) in [5, 5.41) is 9.11. The Hall–Kier alpha value is -0.160. The third-order valence-corrected chi connectivity index (χ3v) is 4.15. The molecule has 4 nitrogen and oxygen atoms in total. The summed E-state index contributed by atoms with van der Waals surface area (Å²) in [5.41, 5.74) is 5.83. The van der Waals surface area contributed by atoms with Crippen LogP contribution in [0.25, 0.3) is 0 Å². The van der Waals surface area contributed by atoms with Crippen LogP contribution in [0, 0.1) is 0 Å². The van der Waals surface area contributed by atoms with Crippen molar-refractivity contribution in [2.24, 2.45) is 5.73 Å². The van der Waals surface area contributed by atoms with Crippen molar-refractivity contribution in [3.63, 3.8) is 0 Å². The zero-order chi connectivity index (χ0) is 14.5. The maximum absolute atomic E-state index is 9.11. The monoisotopic (exact) mass is 271 g/mol. The molecule has 114 valence electrons. The number of nitrogens with two attached hydrogens (primary N) is 1. The van der Waals surface area contributed by atoms with Gasteiger partial charge >= 0.3 is 0 Å². The Bertz CT molecular complexity index is 253. The maximum Gasteiger partial charge on any atom is 0.0608 e. The molecule has 0 aromatic heterocycles. The predicted octanol–water partition coefficient (Wildman–Crippen LogP) is 1.28. The van der Waals surface area contributed by atoms with E-state index in [0.29, 0.717) is 5.54 Å². The van der Waals surface area contributed by atoms with Crippen LogP contribution in [0.3, 0.4) is 0 Å². The van der Waals surface area contributed by atoms with Crippen LogP contribution in [-0.2, 0) is 0 Å². The van der Waals surface area contributed by atoms with Crippen LogP contribution in [0.5, 0.6) is 0 Å². The molecule has 19 heavy (non-hydrogen) atoms. The first-order valence-electron chi connectivity index (χ1n) is 7.62. The minimum Gasteiger partial charge on any atom is -0.394 e. The molecule has 1 rings (SSSR count). The van der Waals surface area contributed by atoms with E-state index in [1.807, 2.05) is 6.92 Å². The normalized spacial score (nSPS) is 22.4. The molecule has 0 amide bonds. The minimum absolute atomic E-state index is 0.0806. The average Bonchev–Trinajstić information content (AvgIpc) is 2.34. The number of hydrogen-bond acceptors (Lipinski definition) is 4. The molecular weight excluding hydrogens is 238 g/mol. The van der Waals surface area contributed by atoms with Gasteiger partial charge in [0.05, 0.1) is 6.61 Å². The number of piperazine rings is 1. The van der Waals surface area contributed by atoms with Crippen molar-refractivity contribution in [3.8, 4) is 0 Å². The van der Waals surface area contributed by atoms with E-state index in [9.17, 15) is 0 Å². The Kier molecular flexibility index (Phi) is 6.24. The topological polar surface area (TPSA) is 52.7 Å². The zero-order valence-corrected chi connectivity index (χ0v) is 13.3. The Morgan fingerprint density at radius 3 is 2.05 bits per heavy atom. The second-order valence-corrected chi connectivity index (χ2v) is 7.27. The third kappa shape index (κ3) is 6.21. The average molecular weight is 271 g/mol. The van der Waals surface area contributed by atoms with Crippen molar-refractivity contribution >= 4 is 0 Å². The third-order valence-electron chi connectivity index (χ3n) is 4.15. The highest BCUT2D eigenvalue weighted by atomic mass is 16.3. The largest absolute Gasteiger partial charge is 0.394 e. The van der Waals surface area contributed by atoms with E-state index >= 15 is 0 Å². The van der Waals surface area contributed by atoms with Gasteiger partial charge in [-0.25, -0.2) is 0 Å². The highest BCUT2D eigenvalue weighted by Crippen LogP contribution is 2.16. The summed E-state index contributed by atoms with van der Waals surface area (Å²) < 4.78 is 0. The van der Waals surface area contributed by atoms with Gasteiger partial charge in [-0.1, -0.05) is 6.42 Å². The van der Waals surface area contributed by atoms with Gasteiger partial charge in [0, 0.05) is 37.3 Å². The second kappa shape index (κ2) is 7.02. The summed E-state index contributed by atoms with van der Waals surface area (Å²) in [5.74, 6) is 0. The standard InChI is InChI=1S/C15H33N3O/c1-14(2,3)18-11-9-17(10-12-18)8-6-5-7-15(4,16)13-19/h19H,5-13,16H2,1-4H3. The van der Waals surface area contributed by atoms with Crippen molar-refractivity contribution < 1.29 is 5.11 Å². The molecule has 1 unspecified atom stereocenters. The summed E-state index contributed by atoms with van der Waals surface area (Å²) >= 11 is 0. The molecule has 1 aliphatic rings. The van der Waals surface area contributed by atoms with E-state index < -0.39 is 5.54 Å². The molecule has 0 aromatic rings. The molecule has 0 radical (unpaired) electrons. The van der Waals surface area contributed by atoms with Gasteiger partial charge in [-0.15, -0.1) is 0 Å². The predicted molar refractivity (Wildman–Crippen MR) is 81.3 cm³/mol. The lowest BCUT2D eigenvalue weighted by Crippen LogP contribution is -2.53. The number of rotatable bonds is 6. The van der Waals surface area contributed by atoms with Gasteiger partial charge in [-0.3, -0.25) is 4.90 Å². The van der Waals surface area contributed by atoms with Gasteiger partial charge in [-0.05, 0) is 47.1 Å². The maximum atomic E-state index is 9.11. The summed E-state index contributed by atoms with van der Waals surface area (Å²) in [4.78, 5) is 5.11. The molecule has 1 saturated heterocycles. The molecule has 4 heteroatoms. The Balaban J connectivity index is 2.14. The molecule has 1 atom stereocenters. The van der Waals surface area contributed by atoms with Crippen LogP contribution in [0.15, 0.2) is 0 Å². The van der Waals surface area contributed by atoms with Gasteiger partial charge in [-0.2, -0.15) is 0 Å². The van der Waals surface area contributed by atoms with Crippen LogP contribution in [-0.4, -0.2) is 65.3 Å². The SMILES string of the molecule is CC(N)(CO)CCCCN1CCN(C(C)(C)C)CC1. The summed E-state index contributed by atoms with van der Waals surface area (Å²) in [6.07, 6.45) is 3.20. The molecule has 0 aliphatic carbocycles. The first-order chi connectivity index (χ1) is 8.74. The van der Waals surface area contributed by atoms with Crippen molar-refractivity contribution in [2.75, 3.05) is 39.3 Å². The lowest BCUT2D eigenvalue weighted by Gasteiger charge is -2.42. The molecule has 0 bridgehead atoms. The fourth-order valence-corrected chi connectivity index (χ4v) is 2.59. The Labute approximate surface area is 118 Å². The zero-order valence-electron chi connectivity index (χ0n) is 13.3. The summed E-state index contributed by atoms with van der Waals surface area (Å²) in [7, 11) is 0. The molecule has 0 saturated carbocycles. The smallest absolute Gasteiger partial charge is 0.0608 e. The van der Waals surface area contributed by atoms with Gasteiger partial charge in [0.2, 0.25) is 0 Å². The number of unbranched alkanes of at least 4 members (excludes halogenated alkanes) is 1. The number of nitrogens with zero attached hydrogens (tertiary/aromatic N) is 2. The number of aliphatic hydroxyl groups excluding tert-OH is 1. The molecular formula is C15H33N3O. The van der Waals surface area contributed by atoms with E-state index in [4.69, 9.17) is 10.8 Å². The van der Waals surface area contributed by atoms with Crippen molar-refractivity contribution in [1.29, 1.82) is 0 Å². The van der Waals surface area contributed by atoms with E-state index in [2.05, 4.69) is 30.6 Å². The molecule has 0 spiro atoms. The van der Waals surface area contributed by atoms with Crippen molar-refractivity contribution in [1.82, 2.24) is 9.80 Å². The molecule has 3 N–H and O–H groups in total. The first kappa shape index (κ1) is 16.9. The van der Waals surface area contributed by atoms with Gasteiger partial charge in [0.25, 0.3) is 0 Å². The number of hydrogen-bond donors (Lipinski definition) is 2. The van der Waals surface area contributed by atoms with Crippen LogP contribution in [0.2, 0.25) is 0 Å². The van der Waals surface area contributed by atoms with Crippen LogP contribution < -0.4 is 5.73 Å². The van der Waals surface area contributed by atoms with E-state index in [1.165, 1.54) is 39.1 Å². The minimum atomic E-state index is -0.398. The fourth-order valence-electron chi connectivity index (χ4n) is 2.59. The molecule has 1 heterocycles. The Morgan fingerprint density at radius 1 is 1.00 bits per heavy atom. The number of aliphatic hydroxyl groups is 1. The van der Waals surface area contributed by atoms with E-state index in [0.717, 1.165) is 12.8 Å². The van der Waals surface area contributed by atoms with Gasteiger partial charge in [0.1, 0.15) is 0 Å². The summed E-state index contributed by atoms with van der Waals surface area (Å²) in [6.45, 7) is 14.8. The van der Waals surface area contributed by atoms with Gasteiger partial charge in [0.15, 0.2) is 0 Å². The van der Waals surface area contributed by atoms with E-state index in [1.54, 1.807) is 0 Å². The quantitative estimate of drug-likeness (QED) is 0.715. The van der Waals surface area contributed by atoms with Crippen LogP contribution >= 0.6 is 0 Å². The van der Waals surface area contributed by atoms with Crippen LogP contribution in [0.1, 0.15) is 47.0 Å².